The zero-order valence-corrected chi connectivity index (χ0v) is 16.7. The van der Waals surface area contributed by atoms with E-state index in [4.69, 9.17) is 9.79 Å². The van der Waals surface area contributed by atoms with Gasteiger partial charge >= 0.3 is 7.82 Å². The van der Waals surface area contributed by atoms with Crippen LogP contribution in [-0.2, 0) is 15.6 Å². The zero-order chi connectivity index (χ0) is 17.3. The summed E-state index contributed by atoms with van der Waals surface area (Å²) in [7, 11) is -4.37. The predicted molar refractivity (Wildman–Crippen MR) is 102 cm³/mol. The molecule has 0 unspecified atom stereocenters. The third-order valence-corrected chi connectivity index (χ3v) is 5.33. The van der Waals surface area contributed by atoms with E-state index in [-0.39, 0.29) is 6.61 Å². The van der Waals surface area contributed by atoms with Gasteiger partial charge in [0.25, 0.3) is 0 Å². The monoisotopic (exact) mass is 475 g/mol. The number of aryl methyl sites for hydroxylation is 1. The minimum absolute atomic E-state index is 0.0541. The van der Waals surface area contributed by atoms with Gasteiger partial charge in [-0.2, -0.15) is 0 Å². The van der Waals surface area contributed by atoms with Crippen LogP contribution >= 0.6 is 39.7 Å². The lowest BCUT2D eigenvalue weighted by Gasteiger charge is -2.08. The number of fused-ring (bicyclic) bond motifs is 3. The van der Waals surface area contributed by atoms with Crippen LogP contribution in [-0.4, -0.2) is 21.0 Å². The number of phosphoric acid groups is 1. The van der Waals surface area contributed by atoms with Crippen LogP contribution in [0.5, 0.6) is 0 Å². The summed E-state index contributed by atoms with van der Waals surface area (Å²) >= 11 is 7.05. The molecular weight excluding hydrogens is 461 g/mol. The molecule has 0 fully saturated rings. The fraction of sp³-hybridized carbons (Fsp3) is 0.250. The Labute approximate surface area is 156 Å². The van der Waals surface area contributed by atoms with Crippen LogP contribution in [0, 0.1) is 0 Å². The first kappa shape index (κ1) is 18.1. The zero-order valence-electron chi connectivity index (χ0n) is 12.7. The van der Waals surface area contributed by atoms with Gasteiger partial charge in [0.1, 0.15) is 0 Å². The maximum absolute atomic E-state index is 10.7. The molecule has 5 nitrogen and oxygen atoms in total. The number of halogens is 2. The van der Waals surface area contributed by atoms with E-state index in [9.17, 15) is 4.57 Å². The largest absolute Gasteiger partial charge is 0.469 e. The fourth-order valence-electron chi connectivity index (χ4n) is 2.84. The van der Waals surface area contributed by atoms with E-state index in [1.165, 1.54) is 10.8 Å². The first-order chi connectivity index (χ1) is 11.3. The van der Waals surface area contributed by atoms with Crippen molar-refractivity contribution < 1.29 is 18.9 Å². The molecule has 0 aliphatic carbocycles. The van der Waals surface area contributed by atoms with E-state index >= 15 is 0 Å². The fourth-order valence-corrected chi connectivity index (χ4v) is 3.93. The van der Waals surface area contributed by atoms with Gasteiger partial charge in [-0.1, -0.05) is 31.9 Å². The summed E-state index contributed by atoms with van der Waals surface area (Å²) in [4.78, 5) is 17.4. The summed E-state index contributed by atoms with van der Waals surface area (Å²) in [6.45, 7) is 0.812. The van der Waals surface area contributed by atoms with Crippen molar-refractivity contribution in [2.24, 2.45) is 0 Å². The van der Waals surface area contributed by atoms with Gasteiger partial charge in [-0.3, -0.25) is 4.52 Å². The molecule has 24 heavy (non-hydrogen) atoms. The van der Waals surface area contributed by atoms with E-state index < -0.39 is 7.82 Å². The second-order valence-corrected chi connectivity index (χ2v) is 8.58. The van der Waals surface area contributed by atoms with Crippen LogP contribution in [0.4, 0.5) is 0 Å². The average Bonchev–Trinajstić information content (AvgIpc) is 2.79. The smallest absolute Gasteiger partial charge is 0.340 e. The molecule has 0 amide bonds. The van der Waals surface area contributed by atoms with Crippen molar-refractivity contribution in [3.8, 4) is 0 Å². The first-order valence-electron chi connectivity index (χ1n) is 7.42. The Balaban J connectivity index is 1.87. The maximum atomic E-state index is 10.7. The molecule has 128 valence electrons. The molecular formula is C16H16Br2NO4P. The van der Waals surface area contributed by atoms with Crippen LogP contribution in [0.3, 0.4) is 0 Å². The molecule has 0 spiro atoms. The molecule has 0 radical (unpaired) electrons. The van der Waals surface area contributed by atoms with Gasteiger partial charge in [-0.05, 0) is 49.2 Å². The van der Waals surface area contributed by atoms with E-state index in [1.54, 1.807) is 0 Å². The molecule has 0 saturated heterocycles. The predicted octanol–water partition coefficient (Wildman–Crippen LogP) is 5.21. The third kappa shape index (κ3) is 4.10. The molecule has 1 heterocycles. The maximum Gasteiger partial charge on any atom is 0.469 e. The van der Waals surface area contributed by atoms with Crippen molar-refractivity contribution in [2.45, 2.75) is 19.4 Å². The Morgan fingerprint density at radius 1 is 0.958 bits per heavy atom. The number of hydrogen-bond donors (Lipinski definition) is 2. The number of benzene rings is 2. The van der Waals surface area contributed by atoms with Crippen molar-refractivity contribution in [3.63, 3.8) is 0 Å². The van der Waals surface area contributed by atoms with Crippen molar-refractivity contribution in [1.82, 2.24) is 4.57 Å². The summed E-state index contributed by atoms with van der Waals surface area (Å²) in [5.74, 6) is 0. The average molecular weight is 477 g/mol. The quantitative estimate of drug-likeness (QED) is 0.378. The molecule has 3 rings (SSSR count). The molecule has 0 bridgehead atoms. The SMILES string of the molecule is O=P(O)(O)OCCCCn1c2ccc(Br)cc2c2cc(Br)ccc21. The van der Waals surface area contributed by atoms with Gasteiger partial charge < -0.3 is 14.4 Å². The topological polar surface area (TPSA) is 71.7 Å². The lowest BCUT2D eigenvalue weighted by atomic mass is 10.2. The molecule has 3 aromatic rings. The van der Waals surface area contributed by atoms with Gasteiger partial charge in [-0.15, -0.1) is 0 Å². The lowest BCUT2D eigenvalue weighted by Crippen LogP contribution is -2.00. The van der Waals surface area contributed by atoms with E-state index in [2.05, 4.69) is 65.2 Å². The summed E-state index contributed by atoms with van der Waals surface area (Å²) in [6, 6.07) is 12.4. The van der Waals surface area contributed by atoms with Gasteiger partial charge in [-0.25, -0.2) is 4.57 Å². The number of nitrogens with zero attached hydrogens (tertiary/aromatic N) is 1. The molecule has 1 aromatic heterocycles. The number of phosphoric ester groups is 1. The molecule has 2 aromatic carbocycles. The Morgan fingerprint density at radius 3 is 2.00 bits per heavy atom. The highest BCUT2D eigenvalue weighted by Gasteiger charge is 2.14. The van der Waals surface area contributed by atoms with E-state index in [0.717, 1.165) is 32.9 Å². The molecule has 0 atom stereocenters. The minimum atomic E-state index is -4.37. The number of hydrogen-bond acceptors (Lipinski definition) is 2. The second-order valence-electron chi connectivity index (χ2n) is 5.51. The highest BCUT2D eigenvalue weighted by atomic mass is 79.9. The molecule has 8 heteroatoms. The van der Waals surface area contributed by atoms with Crippen molar-refractivity contribution >= 4 is 61.5 Å². The molecule has 0 aliphatic rings. The van der Waals surface area contributed by atoms with E-state index in [1.807, 2.05) is 12.1 Å². The molecule has 2 N–H and O–H groups in total. The lowest BCUT2D eigenvalue weighted by molar-refractivity contribution is 0.193. The minimum Gasteiger partial charge on any atom is -0.340 e. The Kier molecular flexibility index (Phi) is 5.49. The summed E-state index contributed by atoms with van der Waals surface area (Å²) in [5, 5.41) is 2.35. The third-order valence-electron chi connectivity index (χ3n) is 3.82. The highest BCUT2D eigenvalue weighted by molar-refractivity contribution is 9.10. The van der Waals surface area contributed by atoms with Crippen molar-refractivity contribution in [1.29, 1.82) is 0 Å². The van der Waals surface area contributed by atoms with Crippen LogP contribution in [0.25, 0.3) is 21.8 Å². The van der Waals surface area contributed by atoms with Crippen molar-refractivity contribution in [2.75, 3.05) is 6.61 Å². The number of unbranched alkanes of at least 4 members (excludes halogenated alkanes) is 1. The standard InChI is InChI=1S/C16H16Br2NO4P/c17-11-3-5-15-13(9-11)14-10-12(18)4-6-16(14)19(15)7-1-2-8-23-24(20,21)22/h3-6,9-10H,1-2,7-8H2,(H2,20,21,22). The number of aromatic nitrogens is 1. The van der Waals surface area contributed by atoms with Crippen LogP contribution in [0.15, 0.2) is 45.3 Å². The van der Waals surface area contributed by atoms with Gasteiger partial charge in [0.05, 0.1) is 6.61 Å². The van der Waals surface area contributed by atoms with Crippen LogP contribution < -0.4 is 0 Å². The Bertz CT molecular complexity index is 875. The highest BCUT2D eigenvalue weighted by Crippen LogP contribution is 2.36. The number of rotatable bonds is 6. The summed E-state index contributed by atoms with van der Waals surface area (Å²) < 4.78 is 19.5. The summed E-state index contributed by atoms with van der Waals surface area (Å²) in [6.07, 6.45) is 1.35. The normalized spacial score (nSPS) is 12.3. The van der Waals surface area contributed by atoms with Gasteiger partial charge in [0, 0.05) is 37.3 Å². The van der Waals surface area contributed by atoms with E-state index in [0.29, 0.717) is 6.42 Å². The molecule has 0 aliphatic heterocycles. The molecule has 0 saturated carbocycles. The second kappa shape index (κ2) is 7.28. The Hall–Kier alpha value is -0.690. The van der Waals surface area contributed by atoms with Gasteiger partial charge in [0.2, 0.25) is 0 Å². The van der Waals surface area contributed by atoms with Crippen LogP contribution in [0.1, 0.15) is 12.8 Å². The van der Waals surface area contributed by atoms with Crippen molar-refractivity contribution in [3.05, 3.63) is 45.3 Å². The van der Waals surface area contributed by atoms with Crippen LogP contribution in [0.2, 0.25) is 0 Å². The van der Waals surface area contributed by atoms with Gasteiger partial charge in [0.15, 0.2) is 0 Å². The Morgan fingerprint density at radius 2 is 1.50 bits per heavy atom. The summed E-state index contributed by atoms with van der Waals surface area (Å²) in [5.41, 5.74) is 2.28. The first-order valence-corrected chi connectivity index (χ1v) is 10.5.